The molecule has 0 aromatic carbocycles. The van der Waals surface area contributed by atoms with Crippen LogP contribution in [0.2, 0.25) is 5.15 Å². The molecule has 74 valence electrons. The summed E-state index contributed by atoms with van der Waals surface area (Å²) in [5.41, 5.74) is 0.208. The number of carbonyl (C=O) groups is 1. The van der Waals surface area contributed by atoms with Crippen molar-refractivity contribution in [1.82, 2.24) is 15.0 Å². The van der Waals surface area contributed by atoms with Gasteiger partial charge in [-0.25, -0.2) is 10.0 Å². The lowest BCUT2D eigenvalue weighted by Gasteiger charge is -2.12. The SMILES string of the molecule is O=C(c1cncc(Cl)n1)N1CCCO1. The van der Waals surface area contributed by atoms with Crippen molar-refractivity contribution >= 4 is 17.5 Å². The third kappa shape index (κ3) is 1.83. The Balaban J connectivity index is 2.17. The van der Waals surface area contributed by atoms with Crippen LogP contribution in [0, 0.1) is 0 Å². The van der Waals surface area contributed by atoms with Gasteiger partial charge in [-0.3, -0.25) is 14.6 Å². The van der Waals surface area contributed by atoms with E-state index in [0.717, 1.165) is 6.42 Å². The quantitative estimate of drug-likeness (QED) is 0.696. The minimum absolute atomic E-state index is 0.204. The molecule has 0 atom stereocenters. The Morgan fingerprint density at radius 1 is 1.57 bits per heavy atom. The number of halogens is 1. The van der Waals surface area contributed by atoms with E-state index in [4.69, 9.17) is 16.4 Å². The van der Waals surface area contributed by atoms with E-state index in [1.165, 1.54) is 17.5 Å². The molecule has 1 aromatic rings. The van der Waals surface area contributed by atoms with E-state index in [2.05, 4.69) is 9.97 Å². The predicted molar refractivity (Wildman–Crippen MR) is 48.6 cm³/mol. The van der Waals surface area contributed by atoms with Crippen LogP contribution in [0.1, 0.15) is 16.9 Å². The molecule has 0 N–H and O–H groups in total. The van der Waals surface area contributed by atoms with Crippen LogP contribution in [-0.2, 0) is 4.84 Å². The Hall–Kier alpha value is -1.20. The van der Waals surface area contributed by atoms with Gasteiger partial charge in [0.1, 0.15) is 5.15 Å². The van der Waals surface area contributed by atoms with Gasteiger partial charge in [-0.1, -0.05) is 11.6 Å². The molecular formula is C8H8ClN3O2. The highest BCUT2D eigenvalue weighted by molar-refractivity contribution is 6.29. The number of nitrogens with zero attached hydrogens (tertiary/aromatic N) is 3. The van der Waals surface area contributed by atoms with Crippen LogP contribution >= 0.6 is 11.6 Å². The summed E-state index contributed by atoms with van der Waals surface area (Å²) in [6.45, 7) is 1.16. The molecule has 0 saturated carbocycles. The average Bonchev–Trinajstić information content (AvgIpc) is 2.69. The lowest BCUT2D eigenvalue weighted by Crippen LogP contribution is -2.27. The van der Waals surface area contributed by atoms with Crippen LogP contribution in [0.3, 0.4) is 0 Å². The first-order valence-corrected chi connectivity index (χ1v) is 4.57. The Kier molecular flexibility index (Phi) is 2.60. The molecule has 1 aliphatic heterocycles. The van der Waals surface area contributed by atoms with Crippen LogP contribution in [-0.4, -0.2) is 34.1 Å². The number of carbonyl (C=O) groups excluding carboxylic acids is 1. The van der Waals surface area contributed by atoms with E-state index in [0.29, 0.717) is 13.2 Å². The number of aromatic nitrogens is 2. The smallest absolute Gasteiger partial charge is 0.271 e. The van der Waals surface area contributed by atoms with Crippen molar-refractivity contribution in [2.75, 3.05) is 13.2 Å². The first-order chi connectivity index (χ1) is 6.77. The molecule has 1 amide bonds. The van der Waals surface area contributed by atoms with Gasteiger partial charge in [0.25, 0.3) is 5.91 Å². The molecule has 1 aromatic heterocycles. The summed E-state index contributed by atoms with van der Waals surface area (Å²) in [4.78, 5) is 24.3. The number of hydrogen-bond acceptors (Lipinski definition) is 4. The third-order valence-electron chi connectivity index (χ3n) is 1.80. The van der Waals surface area contributed by atoms with Crippen LogP contribution in [0.4, 0.5) is 0 Å². The van der Waals surface area contributed by atoms with Gasteiger partial charge in [0, 0.05) is 0 Å². The van der Waals surface area contributed by atoms with Gasteiger partial charge in [0.05, 0.1) is 25.5 Å². The zero-order valence-electron chi connectivity index (χ0n) is 7.31. The standard InChI is InChI=1S/C8H8ClN3O2/c9-7-5-10-4-6(11-7)8(13)12-2-1-3-14-12/h4-5H,1-3H2. The van der Waals surface area contributed by atoms with Crippen molar-refractivity contribution in [2.45, 2.75) is 6.42 Å². The van der Waals surface area contributed by atoms with Crippen molar-refractivity contribution in [2.24, 2.45) is 0 Å². The predicted octanol–water partition coefficient (Wildman–Crippen LogP) is 0.907. The summed E-state index contributed by atoms with van der Waals surface area (Å²) in [5.74, 6) is -0.294. The molecule has 0 bridgehead atoms. The lowest BCUT2D eigenvalue weighted by atomic mass is 10.4. The summed E-state index contributed by atoms with van der Waals surface area (Å²) in [7, 11) is 0. The maximum atomic E-state index is 11.6. The van der Waals surface area contributed by atoms with Gasteiger partial charge >= 0.3 is 0 Å². The molecule has 1 saturated heterocycles. The van der Waals surface area contributed by atoms with E-state index in [-0.39, 0.29) is 16.8 Å². The van der Waals surface area contributed by atoms with Crippen LogP contribution in [0.25, 0.3) is 0 Å². The minimum Gasteiger partial charge on any atom is -0.271 e. The second-order valence-corrected chi connectivity index (χ2v) is 3.21. The van der Waals surface area contributed by atoms with E-state index in [1.807, 2.05) is 0 Å². The summed E-state index contributed by atoms with van der Waals surface area (Å²) in [5, 5.41) is 1.48. The monoisotopic (exact) mass is 213 g/mol. The molecule has 0 spiro atoms. The topological polar surface area (TPSA) is 55.3 Å². The normalized spacial score (nSPS) is 15.9. The molecule has 2 heterocycles. The zero-order valence-corrected chi connectivity index (χ0v) is 8.07. The van der Waals surface area contributed by atoms with Gasteiger partial charge in [-0.2, -0.15) is 0 Å². The van der Waals surface area contributed by atoms with Crippen molar-refractivity contribution in [1.29, 1.82) is 0 Å². The van der Waals surface area contributed by atoms with Gasteiger partial charge in [-0.15, -0.1) is 0 Å². The molecule has 1 aliphatic rings. The Morgan fingerprint density at radius 3 is 3.07 bits per heavy atom. The zero-order chi connectivity index (χ0) is 9.97. The third-order valence-corrected chi connectivity index (χ3v) is 1.99. The number of rotatable bonds is 1. The molecular weight excluding hydrogens is 206 g/mol. The van der Waals surface area contributed by atoms with Crippen molar-refractivity contribution in [3.8, 4) is 0 Å². The summed E-state index contributed by atoms with van der Waals surface area (Å²) >= 11 is 5.61. The second kappa shape index (κ2) is 3.89. The fourth-order valence-electron chi connectivity index (χ4n) is 1.18. The first kappa shape index (κ1) is 9.36. The lowest BCUT2D eigenvalue weighted by molar-refractivity contribution is -0.0772. The molecule has 2 rings (SSSR count). The molecule has 6 heteroatoms. The molecule has 0 unspecified atom stereocenters. The maximum absolute atomic E-state index is 11.6. The number of amides is 1. The highest BCUT2D eigenvalue weighted by Crippen LogP contribution is 2.10. The fourth-order valence-corrected chi connectivity index (χ4v) is 1.33. The molecule has 1 fully saturated rings. The highest BCUT2D eigenvalue weighted by atomic mass is 35.5. The Labute approximate surface area is 85.6 Å². The van der Waals surface area contributed by atoms with Crippen LogP contribution < -0.4 is 0 Å². The largest absolute Gasteiger partial charge is 0.297 e. The summed E-state index contributed by atoms with van der Waals surface area (Å²) in [6, 6.07) is 0. The van der Waals surface area contributed by atoms with Gasteiger partial charge in [0.15, 0.2) is 5.69 Å². The van der Waals surface area contributed by atoms with Crippen LogP contribution in [0.5, 0.6) is 0 Å². The Bertz CT molecular complexity index is 352. The van der Waals surface area contributed by atoms with Gasteiger partial charge in [-0.05, 0) is 6.42 Å². The van der Waals surface area contributed by atoms with Crippen LogP contribution in [0.15, 0.2) is 12.4 Å². The average molecular weight is 214 g/mol. The van der Waals surface area contributed by atoms with E-state index < -0.39 is 0 Å². The van der Waals surface area contributed by atoms with Gasteiger partial charge in [0.2, 0.25) is 0 Å². The summed E-state index contributed by atoms with van der Waals surface area (Å²) in [6.07, 6.45) is 3.60. The van der Waals surface area contributed by atoms with Crippen molar-refractivity contribution in [3.63, 3.8) is 0 Å². The molecule has 0 aliphatic carbocycles. The van der Waals surface area contributed by atoms with Crippen molar-refractivity contribution < 1.29 is 9.63 Å². The van der Waals surface area contributed by atoms with E-state index in [1.54, 1.807) is 0 Å². The van der Waals surface area contributed by atoms with Crippen molar-refractivity contribution in [3.05, 3.63) is 23.2 Å². The number of hydrogen-bond donors (Lipinski definition) is 0. The number of hydroxylamine groups is 2. The van der Waals surface area contributed by atoms with Gasteiger partial charge < -0.3 is 0 Å². The van der Waals surface area contributed by atoms with E-state index >= 15 is 0 Å². The Morgan fingerprint density at radius 2 is 2.43 bits per heavy atom. The molecule has 0 radical (unpaired) electrons. The van der Waals surface area contributed by atoms with E-state index in [9.17, 15) is 4.79 Å². The minimum atomic E-state index is -0.294. The molecule has 14 heavy (non-hydrogen) atoms. The molecule has 5 nitrogen and oxygen atoms in total. The maximum Gasteiger partial charge on any atom is 0.297 e. The summed E-state index contributed by atoms with van der Waals surface area (Å²) < 4.78 is 0. The first-order valence-electron chi connectivity index (χ1n) is 4.20. The fraction of sp³-hybridized carbons (Fsp3) is 0.375. The second-order valence-electron chi connectivity index (χ2n) is 2.82. The highest BCUT2D eigenvalue weighted by Gasteiger charge is 2.22.